The average molecular weight is 430 g/mol. The molecule has 0 bridgehead atoms. The maximum Gasteiger partial charge on any atom is 0.263 e. The molecule has 152 valence electrons. The third-order valence-electron chi connectivity index (χ3n) is 4.39. The zero-order chi connectivity index (χ0) is 21.0. The van der Waals surface area contributed by atoms with E-state index in [9.17, 15) is 13.2 Å². The van der Waals surface area contributed by atoms with Crippen LogP contribution in [-0.4, -0.2) is 25.9 Å². The quantitative estimate of drug-likeness (QED) is 0.597. The first-order valence-electron chi connectivity index (χ1n) is 9.16. The summed E-state index contributed by atoms with van der Waals surface area (Å²) in [6.07, 6.45) is 0.719. The molecule has 0 saturated carbocycles. The number of benzene rings is 2. The lowest BCUT2D eigenvalue weighted by Crippen LogP contribution is -2.25. The highest BCUT2D eigenvalue weighted by atomic mass is 32.2. The van der Waals surface area contributed by atoms with E-state index in [1.807, 2.05) is 43.3 Å². The summed E-state index contributed by atoms with van der Waals surface area (Å²) < 4.78 is 27.9. The lowest BCUT2D eigenvalue weighted by atomic mass is 10.1. The van der Waals surface area contributed by atoms with Gasteiger partial charge in [-0.1, -0.05) is 59.4 Å². The Hall–Kier alpha value is -2.71. The maximum absolute atomic E-state index is 12.7. The largest absolute Gasteiger partial charge is 0.351 e. The SMILES string of the molecule is Cc1ccc(S(=O)(=O)Nc2nc(C)c(C(=O)NCCc3ccccc3)s2)c(C)c1. The second-order valence-electron chi connectivity index (χ2n) is 6.80. The van der Waals surface area contributed by atoms with E-state index >= 15 is 0 Å². The second-order valence-corrected chi connectivity index (χ2v) is 9.45. The summed E-state index contributed by atoms with van der Waals surface area (Å²) in [5.74, 6) is -0.257. The minimum Gasteiger partial charge on any atom is -0.351 e. The zero-order valence-electron chi connectivity index (χ0n) is 16.5. The molecule has 0 aliphatic rings. The van der Waals surface area contributed by atoms with Gasteiger partial charge < -0.3 is 5.32 Å². The van der Waals surface area contributed by atoms with Gasteiger partial charge in [0.15, 0.2) is 5.13 Å². The predicted octanol–water partition coefficient (Wildman–Crippen LogP) is 3.84. The van der Waals surface area contributed by atoms with Crippen LogP contribution in [0.5, 0.6) is 0 Å². The van der Waals surface area contributed by atoms with Gasteiger partial charge in [-0.05, 0) is 44.4 Å². The minimum atomic E-state index is -3.78. The molecular formula is C21H23N3O3S2. The fraction of sp³-hybridized carbons (Fsp3) is 0.238. The number of carbonyl (C=O) groups excluding carboxylic acids is 1. The van der Waals surface area contributed by atoms with Crippen LogP contribution in [0.15, 0.2) is 53.4 Å². The number of sulfonamides is 1. The molecule has 0 spiro atoms. The van der Waals surface area contributed by atoms with E-state index in [-0.39, 0.29) is 15.9 Å². The number of anilines is 1. The van der Waals surface area contributed by atoms with Gasteiger partial charge in [-0.15, -0.1) is 0 Å². The summed E-state index contributed by atoms with van der Waals surface area (Å²) in [5.41, 5.74) is 3.27. The summed E-state index contributed by atoms with van der Waals surface area (Å²) in [7, 11) is -3.78. The Morgan fingerprint density at radius 1 is 1.07 bits per heavy atom. The molecule has 29 heavy (non-hydrogen) atoms. The molecule has 3 rings (SSSR count). The molecule has 0 aliphatic carbocycles. The second kappa shape index (κ2) is 8.75. The van der Waals surface area contributed by atoms with Crippen LogP contribution in [0, 0.1) is 20.8 Å². The Balaban J connectivity index is 1.68. The summed E-state index contributed by atoms with van der Waals surface area (Å²) in [6.45, 7) is 5.84. The fourth-order valence-electron chi connectivity index (χ4n) is 2.97. The number of nitrogens with zero attached hydrogens (tertiary/aromatic N) is 1. The third-order valence-corrected chi connectivity index (χ3v) is 7.09. The Bertz CT molecular complexity index is 1120. The summed E-state index contributed by atoms with van der Waals surface area (Å²) >= 11 is 1.03. The molecule has 0 unspecified atom stereocenters. The Labute approximate surface area is 175 Å². The smallest absolute Gasteiger partial charge is 0.263 e. The van der Waals surface area contributed by atoms with Gasteiger partial charge in [0.2, 0.25) is 0 Å². The van der Waals surface area contributed by atoms with Crippen molar-refractivity contribution in [3.63, 3.8) is 0 Å². The van der Waals surface area contributed by atoms with Gasteiger partial charge in [0.05, 0.1) is 10.6 Å². The van der Waals surface area contributed by atoms with Gasteiger partial charge in [0, 0.05) is 6.54 Å². The number of nitrogens with one attached hydrogen (secondary N) is 2. The topological polar surface area (TPSA) is 88.2 Å². The van der Waals surface area contributed by atoms with Crippen molar-refractivity contribution >= 4 is 32.4 Å². The standard InChI is InChI=1S/C21H23N3O3S2/c1-14-9-10-18(15(2)13-14)29(26,27)24-21-23-16(3)19(28-21)20(25)22-12-11-17-7-5-4-6-8-17/h4-10,13H,11-12H2,1-3H3,(H,22,25)(H,23,24). The van der Waals surface area contributed by atoms with Crippen molar-refractivity contribution in [2.24, 2.45) is 0 Å². The van der Waals surface area contributed by atoms with Crippen LogP contribution in [-0.2, 0) is 16.4 Å². The van der Waals surface area contributed by atoms with Crippen LogP contribution in [0.25, 0.3) is 0 Å². The molecule has 1 aromatic heterocycles. The van der Waals surface area contributed by atoms with Crippen LogP contribution in [0.3, 0.4) is 0 Å². The first-order valence-corrected chi connectivity index (χ1v) is 11.5. The summed E-state index contributed by atoms with van der Waals surface area (Å²) in [4.78, 5) is 17.3. The van der Waals surface area contributed by atoms with Crippen molar-refractivity contribution in [2.45, 2.75) is 32.1 Å². The highest BCUT2D eigenvalue weighted by Gasteiger charge is 2.21. The molecule has 3 aromatic rings. The zero-order valence-corrected chi connectivity index (χ0v) is 18.2. The molecule has 0 fully saturated rings. The monoisotopic (exact) mass is 429 g/mol. The van der Waals surface area contributed by atoms with Gasteiger partial charge in [0.25, 0.3) is 15.9 Å². The number of hydrogen-bond donors (Lipinski definition) is 2. The van der Waals surface area contributed by atoms with Crippen LogP contribution < -0.4 is 10.0 Å². The lowest BCUT2D eigenvalue weighted by molar-refractivity contribution is 0.0957. The number of aromatic nitrogens is 1. The van der Waals surface area contributed by atoms with E-state index in [0.29, 0.717) is 22.7 Å². The lowest BCUT2D eigenvalue weighted by Gasteiger charge is -2.08. The number of amides is 1. The highest BCUT2D eigenvalue weighted by molar-refractivity contribution is 7.93. The Kier molecular flexibility index (Phi) is 6.34. The number of thiazole rings is 1. The molecule has 0 radical (unpaired) electrons. The van der Waals surface area contributed by atoms with E-state index in [0.717, 1.165) is 28.9 Å². The molecule has 2 N–H and O–H groups in total. The predicted molar refractivity (Wildman–Crippen MR) is 116 cm³/mol. The normalized spacial score (nSPS) is 11.3. The molecule has 1 amide bonds. The van der Waals surface area contributed by atoms with Gasteiger partial charge in [-0.25, -0.2) is 13.4 Å². The van der Waals surface area contributed by atoms with Crippen molar-refractivity contribution in [1.29, 1.82) is 0 Å². The van der Waals surface area contributed by atoms with Gasteiger partial charge >= 0.3 is 0 Å². The highest BCUT2D eigenvalue weighted by Crippen LogP contribution is 2.26. The van der Waals surface area contributed by atoms with Crippen LogP contribution >= 0.6 is 11.3 Å². The third kappa shape index (κ3) is 5.21. The Morgan fingerprint density at radius 2 is 1.79 bits per heavy atom. The first kappa shape index (κ1) is 21.0. The van der Waals surface area contributed by atoms with Crippen molar-refractivity contribution in [2.75, 3.05) is 11.3 Å². The van der Waals surface area contributed by atoms with Gasteiger partial charge in [0.1, 0.15) is 4.88 Å². The molecule has 2 aromatic carbocycles. The number of hydrogen-bond acceptors (Lipinski definition) is 5. The van der Waals surface area contributed by atoms with Crippen LogP contribution in [0.1, 0.15) is 32.1 Å². The molecule has 0 aliphatic heterocycles. The molecule has 6 nitrogen and oxygen atoms in total. The van der Waals surface area contributed by atoms with Crippen molar-refractivity contribution in [3.05, 3.63) is 75.8 Å². The summed E-state index contributed by atoms with van der Waals surface area (Å²) in [5, 5.41) is 3.04. The molecular weight excluding hydrogens is 406 g/mol. The van der Waals surface area contributed by atoms with E-state index in [1.54, 1.807) is 26.0 Å². The van der Waals surface area contributed by atoms with E-state index in [1.165, 1.54) is 0 Å². The number of aryl methyl sites for hydroxylation is 3. The molecule has 0 saturated heterocycles. The van der Waals surface area contributed by atoms with Crippen LogP contribution in [0.4, 0.5) is 5.13 Å². The first-order chi connectivity index (χ1) is 13.8. The molecule has 0 atom stereocenters. The average Bonchev–Trinajstić information content (AvgIpc) is 3.01. The van der Waals surface area contributed by atoms with Crippen molar-refractivity contribution in [3.8, 4) is 0 Å². The van der Waals surface area contributed by atoms with Gasteiger partial charge in [-0.3, -0.25) is 9.52 Å². The van der Waals surface area contributed by atoms with E-state index in [2.05, 4.69) is 15.0 Å². The van der Waals surface area contributed by atoms with E-state index < -0.39 is 10.0 Å². The number of rotatable bonds is 7. The maximum atomic E-state index is 12.7. The van der Waals surface area contributed by atoms with Crippen molar-refractivity contribution < 1.29 is 13.2 Å². The fourth-order valence-corrected chi connectivity index (χ4v) is 5.31. The van der Waals surface area contributed by atoms with E-state index in [4.69, 9.17) is 0 Å². The minimum absolute atomic E-state index is 0.177. The van der Waals surface area contributed by atoms with Crippen LogP contribution in [0.2, 0.25) is 0 Å². The Morgan fingerprint density at radius 3 is 2.48 bits per heavy atom. The molecule has 1 heterocycles. The van der Waals surface area contributed by atoms with Gasteiger partial charge in [-0.2, -0.15) is 0 Å². The number of carbonyl (C=O) groups is 1. The summed E-state index contributed by atoms with van der Waals surface area (Å²) in [6, 6.07) is 15.0. The molecule has 8 heteroatoms. The van der Waals surface area contributed by atoms with Crippen molar-refractivity contribution in [1.82, 2.24) is 10.3 Å².